The maximum Gasteiger partial charge on any atom is 0.230 e. The smallest absolute Gasteiger partial charge is 0.230 e. The number of nitrogens with two attached hydrogens (primary N) is 1. The summed E-state index contributed by atoms with van der Waals surface area (Å²) in [7, 11) is 0. The number of carbonyl (C=O) groups is 1. The number of nitrogen functional groups attached to an aromatic ring is 1. The fourth-order valence-corrected chi connectivity index (χ4v) is 2.00. The van der Waals surface area contributed by atoms with Crippen LogP contribution in [-0.2, 0) is 4.79 Å². The number of amides is 1. The molecule has 1 saturated carbocycles. The van der Waals surface area contributed by atoms with Crippen LogP contribution < -0.4 is 10.6 Å². The molecular weight excluding hydrogens is 200 g/mol. The molecule has 3 nitrogen and oxygen atoms in total. The molecule has 0 saturated heterocycles. The minimum absolute atomic E-state index is 0.248. The maximum atomic E-state index is 12.1. The highest BCUT2D eigenvalue weighted by Crippen LogP contribution is 2.30. The van der Waals surface area contributed by atoms with Gasteiger partial charge in [0.2, 0.25) is 5.91 Å². The second-order valence-corrected chi connectivity index (χ2v) is 4.30. The highest BCUT2D eigenvalue weighted by Gasteiger charge is 2.29. The van der Waals surface area contributed by atoms with E-state index in [2.05, 4.69) is 0 Å². The molecule has 1 aliphatic rings. The maximum absolute atomic E-state index is 12.1. The molecule has 1 aromatic rings. The molecule has 0 spiro atoms. The Balaban J connectivity index is 2.14. The van der Waals surface area contributed by atoms with Gasteiger partial charge in [0.1, 0.15) is 0 Å². The normalized spacial score (nSPS) is 15.6. The van der Waals surface area contributed by atoms with E-state index in [1.54, 1.807) is 0 Å². The average Bonchev–Trinajstić information content (AvgIpc) is 2.19. The molecule has 1 aromatic carbocycles. The van der Waals surface area contributed by atoms with E-state index < -0.39 is 0 Å². The first-order valence-corrected chi connectivity index (χ1v) is 5.89. The van der Waals surface area contributed by atoms with Crippen LogP contribution in [0.5, 0.6) is 0 Å². The van der Waals surface area contributed by atoms with Gasteiger partial charge in [-0.05, 0) is 44.0 Å². The Morgan fingerprint density at radius 2 is 2.00 bits per heavy atom. The molecule has 0 heterocycles. The lowest BCUT2D eigenvalue weighted by Crippen LogP contribution is -2.38. The molecular formula is C13H18N2O. The van der Waals surface area contributed by atoms with Gasteiger partial charge in [-0.2, -0.15) is 0 Å². The number of benzene rings is 1. The van der Waals surface area contributed by atoms with Gasteiger partial charge in [-0.15, -0.1) is 0 Å². The summed E-state index contributed by atoms with van der Waals surface area (Å²) >= 11 is 0. The summed E-state index contributed by atoms with van der Waals surface area (Å²) in [6.45, 7) is 2.73. The van der Waals surface area contributed by atoms with Crippen molar-refractivity contribution in [2.75, 3.05) is 17.2 Å². The Morgan fingerprint density at radius 3 is 2.44 bits per heavy atom. The molecule has 1 amide bonds. The second kappa shape index (κ2) is 4.56. The average molecular weight is 218 g/mol. The monoisotopic (exact) mass is 218 g/mol. The van der Waals surface area contributed by atoms with E-state index in [9.17, 15) is 4.79 Å². The van der Waals surface area contributed by atoms with Crippen LogP contribution in [0.4, 0.5) is 11.4 Å². The van der Waals surface area contributed by atoms with Crippen molar-refractivity contribution in [1.82, 2.24) is 0 Å². The van der Waals surface area contributed by atoms with E-state index in [0.29, 0.717) is 0 Å². The van der Waals surface area contributed by atoms with Gasteiger partial charge in [0.25, 0.3) is 0 Å². The van der Waals surface area contributed by atoms with Crippen LogP contribution in [0, 0.1) is 5.92 Å². The molecule has 0 aliphatic heterocycles. The highest BCUT2D eigenvalue weighted by atomic mass is 16.2. The van der Waals surface area contributed by atoms with E-state index in [1.807, 2.05) is 36.1 Å². The Labute approximate surface area is 96.2 Å². The Morgan fingerprint density at radius 1 is 1.38 bits per heavy atom. The molecule has 1 fully saturated rings. The van der Waals surface area contributed by atoms with Crippen molar-refractivity contribution in [1.29, 1.82) is 0 Å². The van der Waals surface area contributed by atoms with Crippen molar-refractivity contribution in [2.45, 2.75) is 26.2 Å². The van der Waals surface area contributed by atoms with Gasteiger partial charge in [0.15, 0.2) is 0 Å². The van der Waals surface area contributed by atoms with Gasteiger partial charge >= 0.3 is 0 Å². The zero-order valence-electron chi connectivity index (χ0n) is 9.65. The number of carbonyl (C=O) groups excluding carboxylic acids is 1. The topological polar surface area (TPSA) is 46.3 Å². The van der Waals surface area contributed by atoms with Crippen molar-refractivity contribution in [3.63, 3.8) is 0 Å². The zero-order chi connectivity index (χ0) is 11.5. The van der Waals surface area contributed by atoms with Crippen molar-refractivity contribution in [3.8, 4) is 0 Å². The first kappa shape index (κ1) is 11.0. The number of rotatable bonds is 3. The molecule has 0 aromatic heterocycles. The lowest BCUT2D eigenvalue weighted by molar-refractivity contribution is -0.124. The minimum Gasteiger partial charge on any atom is -0.399 e. The number of anilines is 2. The first-order chi connectivity index (χ1) is 7.72. The molecule has 0 unspecified atom stereocenters. The van der Waals surface area contributed by atoms with Gasteiger partial charge in [-0.1, -0.05) is 6.42 Å². The molecule has 2 rings (SSSR count). The predicted octanol–water partition coefficient (Wildman–Crippen LogP) is 2.42. The number of hydrogen-bond donors (Lipinski definition) is 1. The van der Waals surface area contributed by atoms with Crippen molar-refractivity contribution in [3.05, 3.63) is 24.3 Å². The second-order valence-electron chi connectivity index (χ2n) is 4.30. The van der Waals surface area contributed by atoms with E-state index in [1.165, 1.54) is 6.42 Å². The summed E-state index contributed by atoms with van der Waals surface area (Å²) in [6.07, 6.45) is 3.28. The third kappa shape index (κ3) is 2.03. The summed E-state index contributed by atoms with van der Waals surface area (Å²) in [6, 6.07) is 7.50. The number of nitrogens with zero attached hydrogens (tertiary/aromatic N) is 1. The van der Waals surface area contributed by atoms with Crippen molar-refractivity contribution < 1.29 is 4.79 Å². The fourth-order valence-electron chi connectivity index (χ4n) is 2.00. The molecule has 2 N–H and O–H groups in total. The Kier molecular flexibility index (Phi) is 3.13. The van der Waals surface area contributed by atoms with E-state index in [-0.39, 0.29) is 11.8 Å². The van der Waals surface area contributed by atoms with Crippen LogP contribution in [0.15, 0.2) is 24.3 Å². The van der Waals surface area contributed by atoms with Gasteiger partial charge < -0.3 is 10.6 Å². The van der Waals surface area contributed by atoms with Gasteiger partial charge in [0.05, 0.1) is 0 Å². The van der Waals surface area contributed by atoms with Crippen LogP contribution in [-0.4, -0.2) is 12.5 Å². The van der Waals surface area contributed by atoms with Gasteiger partial charge in [-0.25, -0.2) is 0 Å². The Bertz CT molecular complexity index is 368. The molecule has 1 aliphatic carbocycles. The summed E-state index contributed by atoms with van der Waals surface area (Å²) in [4.78, 5) is 14.0. The molecule has 0 bridgehead atoms. The van der Waals surface area contributed by atoms with Gasteiger partial charge in [0, 0.05) is 23.8 Å². The highest BCUT2D eigenvalue weighted by molar-refractivity contribution is 5.95. The Hall–Kier alpha value is -1.51. The lowest BCUT2D eigenvalue weighted by Gasteiger charge is -2.31. The largest absolute Gasteiger partial charge is 0.399 e. The number of hydrogen-bond acceptors (Lipinski definition) is 2. The third-order valence-electron chi connectivity index (χ3n) is 3.24. The van der Waals surface area contributed by atoms with Crippen LogP contribution in [0.1, 0.15) is 26.2 Å². The zero-order valence-corrected chi connectivity index (χ0v) is 9.65. The van der Waals surface area contributed by atoms with Crippen LogP contribution in [0.2, 0.25) is 0 Å². The van der Waals surface area contributed by atoms with Crippen LogP contribution >= 0.6 is 0 Å². The summed E-state index contributed by atoms with van der Waals surface area (Å²) in [5.41, 5.74) is 7.32. The summed E-state index contributed by atoms with van der Waals surface area (Å²) < 4.78 is 0. The minimum atomic E-state index is 0.248. The molecule has 0 radical (unpaired) electrons. The summed E-state index contributed by atoms with van der Waals surface area (Å²) in [5, 5.41) is 0. The van der Waals surface area contributed by atoms with Gasteiger partial charge in [-0.3, -0.25) is 4.79 Å². The fraction of sp³-hybridized carbons (Fsp3) is 0.462. The lowest BCUT2D eigenvalue weighted by atomic mass is 9.84. The summed E-state index contributed by atoms with van der Waals surface area (Å²) in [5.74, 6) is 0.510. The molecule has 0 atom stereocenters. The third-order valence-corrected chi connectivity index (χ3v) is 3.24. The molecule has 86 valence electrons. The van der Waals surface area contributed by atoms with E-state index in [4.69, 9.17) is 5.73 Å². The van der Waals surface area contributed by atoms with E-state index in [0.717, 1.165) is 30.8 Å². The van der Waals surface area contributed by atoms with E-state index >= 15 is 0 Å². The molecule has 3 heteroatoms. The van der Waals surface area contributed by atoms with Crippen molar-refractivity contribution in [2.24, 2.45) is 5.92 Å². The quantitative estimate of drug-likeness (QED) is 0.792. The van der Waals surface area contributed by atoms with Crippen LogP contribution in [0.3, 0.4) is 0 Å². The molecule has 16 heavy (non-hydrogen) atoms. The van der Waals surface area contributed by atoms with Crippen molar-refractivity contribution >= 4 is 17.3 Å². The first-order valence-electron chi connectivity index (χ1n) is 5.89. The van der Waals surface area contributed by atoms with Crippen LogP contribution in [0.25, 0.3) is 0 Å². The predicted molar refractivity (Wildman–Crippen MR) is 66.2 cm³/mol. The SMILES string of the molecule is CCN(C(=O)C1CCC1)c1ccc(N)cc1. The standard InChI is InChI=1S/C13H18N2O/c1-2-15(13(16)10-4-3-5-10)12-8-6-11(14)7-9-12/h6-10H,2-5,14H2,1H3.